The number of ether oxygens (including phenoxy) is 2. The van der Waals surface area contributed by atoms with Gasteiger partial charge in [-0.05, 0) is 42.1 Å². The molecule has 3 N–H and O–H groups in total. The molecule has 2 bridgehead atoms. The Morgan fingerprint density at radius 1 is 0.806 bits per heavy atom. The second-order valence-corrected chi connectivity index (χ2v) is 10.3. The van der Waals surface area contributed by atoms with Crippen LogP contribution in [-0.2, 0) is 28.1 Å². The van der Waals surface area contributed by atoms with Gasteiger partial charge < -0.3 is 24.9 Å². The normalized spacial score (nSPS) is 22.8. The van der Waals surface area contributed by atoms with Crippen molar-refractivity contribution in [2.75, 3.05) is 19.8 Å². The smallest absolute Gasteiger partial charge is 0.0717 e. The van der Waals surface area contributed by atoms with Gasteiger partial charge in [0, 0.05) is 28.6 Å². The lowest BCUT2D eigenvalue weighted by Crippen LogP contribution is -2.49. The van der Waals surface area contributed by atoms with E-state index in [0.29, 0.717) is 32.8 Å². The van der Waals surface area contributed by atoms with Gasteiger partial charge in [0.05, 0.1) is 37.9 Å². The second-order valence-electron chi connectivity index (χ2n) is 10.3. The fraction of sp³-hybridized carbons (Fsp3) is 0.355. The number of nitrogens with one attached hydrogen (secondary N) is 2. The number of fused-ring (bicyclic) bond motifs is 7. The number of rotatable bonds is 8. The van der Waals surface area contributed by atoms with Crippen LogP contribution >= 0.6 is 0 Å². The topological polar surface area (TPSA) is 66.5 Å². The summed E-state index contributed by atoms with van der Waals surface area (Å²) in [6.45, 7) is 2.88. The van der Waals surface area contributed by atoms with E-state index in [2.05, 4.69) is 58.8 Å². The predicted molar refractivity (Wildman–Crippen MR) is 142 cm³/mol. The molecule has 4 aromatic rings. The molecule has 0 spiro atoms. The summed E-state index contributed by atoms with van der Waals surface area (Å²) in [5, 5.41) is 16.5. The molecule has 5 heteroatoms. The maximum absolute atomic E-state index is 11.5. The molecule has 1 aliphatic heterocycles. The summed E-state index contributed by atoms with van der Waals surface area (Å²) in [6, 6.07) is 29.2. The first-order chi connectivity index (χ1) is 17.7. The van der Waals surface area contributed by atoms with E-state index >= 15 is 0 Å². The molecule has 36 heavy (non-hydrogen) atoms. The number of benzene rings is 3. The lowest BCUT2D eigenvalue weighted by Gasteiger charge is -2.42. The van der Waals surface area contributed by atoms with Crippen molar-refractivity contribution in [2.24, 2.45) is 5.92 Å². The van der Waals surface area contributed by atoms with Crippen molar-refractivity contribution >= 4 is 10.9 Å². The van der Waals surface area contributed by atoms with Crippen molar-refractivity contribution in [1.82, 2.24) is 10.3 Å². The van der Waals surface area contributed by atoms with Gasteiger partial charge in [-0.25, -0.2) is 0 Å². The van der Waals surface area contributed by atoms with Crippen LogP contribution in [0.3, 0.4) is 0 Å². The van der Waals surface area contributed by atoms with E-state index in [1.165, 1.54) is 10.9 Å². The zero-order valence-electron chi connectivity index (χ0n) is 20.5. The van der Waals surface area contributed by atoms with Crippen LogP contribution in [0.25, 0.3) is 10.9 Å². The van der Waals surface area contributed by atoms with Gasteiger partial charge in [0.1, 0.15) is 0 Å². The summed E-state index contributed by atoms with van der Waals surface area (Å²) >= 11 is 0. The minimum atomic E-state index is -0.492. The fourth-order valence-electron chi connectivity index (χ4n) is 6.31. The van der Waals surface area contributed by atoms with E-state index in [1.54, 1.807) is 0 Å². The van der Waals surface area contributed by atoms with Gasteiger partial charge in [0.25, 0.3) is 0 Å². The highest BCUT2D eigenvalue weighted by atomic mass is 16.5. The molecule has 186 valence electrons. The summed E-state index contributed by atoms with van der Waals surface area (Å²) < 4.78 is 13.0. The summed E-state index contributed by atoms with van der Waals surface area (Å²) in [7, 11) is 0. The number of hydrogen-bond donors (Lipinski definition) is 3. The Morgan fingerprint density at radius 3 is 2.08 bits per heavy atom. The molecule has 0 saturated carbocycles. The zero-order valence-corrected chi connectivity index (χ0v) is 20.5. The van der Waals surface area contributed by atoms with Crippen LogP contribution < -0.4 is 5.32 Å². The van der Waals surface area contributed by atoms with Gasteiger partial charge >= 0.3 is 0 Å². The maximum atomic E-state index is 11.5. The third-order valence-electron chi connectivity index (χ3n) is 8.03. The third kappa shape index (κ3) is 4.37. The molecular formula is C31H34N2O3. The van der Waals surface area contributed by atoms with Crippen LogP contribution in [0.4, 0.5) is 0 Å². The molecule has 5 nitrogen and oxygen atoms in total. The van der Waals surface area contributed by atoms with Crippen LogP contribution in [0, 0.1) is 5.92 Å². The van der Waals surface area contributed by atoms with Gasteiger partial charge in [-0.15, -0.1) is 0 Å². The van der Waals surface area contributed by atoms with Crippen LogP contribution in [0.2, 0.25) is 0 Å². The predicted octanol–water partition coefficient (Wildman–Crippen LogP) is 5.25. The van der Waals surface area contributed by atoms with E-state index in [4.69, 9.17) is 9.47 Å². The fourth-order valence-corrected chi connectivity index (χ4v) is 6.31. The quantitative estimate of drug-likeness (QED) is 0.321. The highest BCUT2D eigenvalue weighted by Crippen LogP contribution is 2.49. The zero-order chi connectivity index (χ0) is 24.4. The number of aromatic nitrogens is 1. The van der Waals surface area contributed by atoms with Gasteiger partial charge in [-0.2, -0.15) is 0 Å². The largest absolute Gasteiger partial charge is 0.393 e. The van der Waals surface area contributed by atoms with Gasteiger partial charge in [0.2, 0.25) is 0 Å². The molecule has 2 heterocycles. The molecule has 1 fully saturated rings. The molecule has 3 aromatic carbocycles. The van der Waals surface area contributed by atoms with E-state index in [9.17, 15) is 5.11 Å². The second kappa shape index (κ2) is 10.2. The van der Waals surface area contributed by atoms with Gasteiger partial charge in [-0.3, -0.25) is 0 Å². The molecule has 3 atom stereocenters. The van der Waals surface area contributed by atoms with Crippen molar-refractivity contribution in [3.8, 4) is 0 Å². The maximum Gasteiger partial charge on any atom is 0.0717 e. The minimum Gasteiger partial charge on any atom is -0.393 e. The van der Waals surface area contributed by atoms with E-state index < -0.39 is 11.5 Å². The van der Waals surface area contributed by atoms with Gasteiger partial charge in [0.15, 0.2) is 0 Å². The van der Waals surface area contributed by atoms with Crippen LogP contribution in [0.15, 0.2) is 84.9 Å². The number of hydrogen-bond acceptors (Lipinski definition) is 4. The van der Waals surface area contributed by atoms with E-state index in [0.717, 1.165) is 35.3 Å². The number of aromatic amines is 1. The first kappa shape index (κ1) is 23.4. The average molecular weight is 483 g/mol. The van der Waals surface area contributed by atoms with Crippen LogP contribution in [0.5, 0.6) is 0 Å². The third-order valence-corrected chi connectivity index (χ3v) is 8.03. The standard InChI is InChI=1S/C31H34N2O3/c34-28-17-27-29-24-13-7-8-14-26(24)33-30(29)31(25(28)15-16-32-27,20-35-18-22-9-3-1-4-10-22)21-36-19-23-11-5-2-6-12-23/h1-14,25,27-28,32-34H,15-21H2/t25-,27+,28-/m1/s1. The Balaban J connectivity index is 1.41. The lowest BCUT2D eigenvalue weighted by atomic mass is 9.69. The molecule has 1 aromatic heterocycles. The van der Waals surface area contributed by atoms with Crippen LogP contribution in [0.1, 0.15) is 41.3 Å². The highest BCUT2D eigenvalue weighted by Gasteiger charge is 2.51. The van der Waals surface area contributed by atoms with Crippen molar-refractivity contribution in [3.05, 3.63) is 107 Å². The van der Waals surface area contributed by atoms with Crippen molar-refractivity contribution in [3.63, 3.8) is 0 Å². The average Bonchev–Trinajstić information content (AvgIpc) is 3.15. The molecular weight excluding hydrogens is 448 g/mol. The SMILES string of the molecule is O[C@@H]1C[C@@H]2NCC[C@H]1C(COCc1ccccc1)(COCc1ccccc1)c1[nH]c3ccccc3c12. The molecule has 2 aliphatic rings. The summed E-state index contributed by atoms with van der Waals surface area (Å²) in [5.41, 5.74) is 5.34. The monoisotopic (exact) mass is 482 g/mol. The van der Waals surface area contributed by atoms with Gasteiger partial charge in [-0.1, -0.05) is 78.9 Å². The molecule has 1 aliphatic carbocycles. The molecule has 0 unspecified atom stereocenters. The van der Waals surface area contributed by atoms with Crippen LogP contribution in [-0.4, -0.2) is 36.0 Å². The van der Waals surface area contributed by atoms with E-state index in [-0.39, 0.29) is 12.0 Å². The number of H-pyrrole nitrogens is 1. The Kier molecular flexibility index (Phi) is 6.63. The molecule has 1 saturated heterocycles. The molecule has 0 radical (unpaired) electrons. The lowest BCUT2D eigenvalue weighted by molar-refractivity contribution is -0.0529. The van der Waals surface area contributed by atoms with Crippen molar-refractivity contribution < 1.29 is 14.6 Å². The Morgan fingerprint density at radius 2 is 1.42 bits per heavy atom. The van der Waals surface area contributed by atoms with E-state index in [1.807, 2.05) is 36.4 Å². The first-order valence-corrected chi connectivity index (χ1v) is 13.0. The van der Waals surface area contributed by atoms with Crippen molar-refractivity contribution in [2.45, 2.75) is 43.6 Å². The number of para-hydroxylation sites is 1. The minimum absolute atomic E-state index is 0.0101. The summed E-state index contributed by atoms with van der Waals surface area (Å²) in [4.78, 5) is 3.78. The Bertz CT molecular complexity index is 1240. The molecule has 0 amide bonds. The summed E-state index contributed by atoms with van der Waals surface area (Å²) in [6.07, 6.45) is 1.12. The molecule has 6 rings (SSSR count). The first-order valence-electron chi connectivity index (χ1n) is 13.0. The van der Waals surface area contributed by atoms with Crippen molar-refractivity contribution in [1.29, 1.82) is 0 Å². The number of aliphatic hydroxyl groups is 1. The Labute approximate surface area is 212 Å². The Hall–Kier alpha value is -2.96. The summed E-state index contributed by atoms with van der Waals surface area (Å²) in [5.74, 6) is 0.0101. The number of aliphatic hydroxyl groups excluding tert-OH is 1. The highest BCUT2D eigenvalue weighted by molar-refractivity contribution is 5.86.